The highest BCUT2D eigenvalue weighted by molar-refractivity contribution is 6.03. The number of hydrogen-bond acceptors (Lipinski definition) is 8. The molecule has 2 atom stereocenters. The van der Waals surface area contributed by atoms with Crippen molar-refractivity contribution in [1.29, 1.82) is 0 Å². The van der Waals surface area contributed by atoms with Crippen molar-refractivity contribution < 1.29 is 33.6 Å². The summed E-state index contributed by atoms with van der Waals surface area (Å²) < 4.78 is 21.4. The highest BCUT2D eigenvalue weighted by Crippen LogP contribution is 2.38. The molecular weight excluding hydrogens is 502 g/mol. The van der Waals surface area contributed by atoms with Gasteiger partial charge in [0.15, 0.2) is 11.5 Å². The number of hydrogen-bond donors (Lipinski definition) is 4. The van der Waals surface area contributed by atoms with E-state index in [2.05, 4.69) is 10.6 Å². The van der Waals surface area contributed by atoms with Crippen LogP contribution in [0.25, 0.3) is 6.08 Å². The lowest BCUT2D eigenvalue weighted by Gasteiger charge is -2.26. The maximum Gasteiger partial charge on any atom is 0.254 e. The maximum absolute atomic E-state index is 12.6. The number of anilines is 2. The van der Waals surface area contributed by atoms with Gasteiger partial charge in [0.25, 0.3) is 5.91 Å². The SMILES string of the molecule is COc1cc(NC(=O)[C@@H](O)[C@H](N)CC2CCCCC2)ccc1NC(=O)/C=C/c1cc(OC)c(OC)c(OC)c1. The van der Waals surface area contributed by atoms with Crippen LogP contribution < -0.4 is 35.3 Å². The van der Waals surface area contributed by atoms with E-state index in [4.69, 9.17) is 24.7 Å². The van der Waals surface area contributed by atoms with Crippen molar-refractivity contribution in [2.45, 2.75) is 50.7 Å². The third kappa shape index (κ3) is 8.11. The number of ether oxygens (including phenoxy) is 4. The van der Waals surface area contributed by atoms with Gasteiger partial charge >= 0.3 is 0 Å². The van der Waals surface area contributed by atoms with E-state index in [0.717, 1.165) is 12.8 Å². The van der Waals surface area contributed by atoms with Crippen LogP contribution in [0.15, 0.2) is 36.4 Å². The molecule has 212 valence electrons. The van der Waals surface area contributed by atoms with Gasteiger partial charge < -0.3 is 40.4 Å². The number of methoxy groups -OCH3 is 4. The van der Waals surface area contributed by atoms with Crippen molar-refractivity contribution >= 4 is 29.3 Å². The Kier molecular flexibility index (Phi) is 11.0. The van der Waals surface area contributed by atoms with Crippen molar-refractivity contribution in [3.8, 4) is 23.0 Å². The van der Waals surface area contributed by atoms with Crippen molar-refractivity contribution in [1.82, 2.24) is 0 Å². The topological polar surface area (TPSA) is 141 Å². The summed E-state index contributed by atoms with van der Waals surface area (Å²) in [6.07, 6.45) is 8.01. The third-order valence-electron chi connectivity index (χ3n) is 6.85. The van der Waals surface area contributed by atoms with E-state index >= 15 is 0 Å². The average Bonchev–Trinajstić information content (AvgIpc) is 2.96. The smallest absolute Gasteiger partial charge is 0.254 e. The van der Waals surface area contributed by atoms with Gasteiger partial charge in [0.05, 0.1) is 34.1 Å². The standard InChI is InChI=1S/C29H39N3O7/c1-36-23-17-20(31-29(35)27(34)21(30)14-18-8-6-5-7-9-18)11-12-22(23)32-26(33)13-10-19-15-24(37-2)28(39-4)25(16-19)38-3/h10-13,15-18,21,27,34H,5-9,14,30H2,1-4H3,(H,31,35)(H,32,33)/b13-10+/t21-,27+/m1/s1. The molecule has 1 fully saturated rings. The number of amides is 2. The first-order valence-electron chi connectivity index (χ1n) is 13.0. The van der Waals surface area contributed by atoms with Crippen LogP contribution in [0.3, 0.4) is 0 Å². The van der Waals surface area contributed by atoms with Crippen molar-refractivity contribution in [2.24, 2.45) is 11.7 Å². The molecule has 39 heavy (non-hydrogen) atoms. The lowest BCUT2D eigenvalue weighted by molar-refractivity contribution is -0.125. The summed E-state index contributed by atoms with van der Waals surface area (Å²) in [5, 5.41) is 15.9. The quantitative estimate of drug-likeness (QED) is 0.296. The molecule has 2 aromatic carbocycles. The van der Waals surface area contributed by atoms with Crippen LogP contribution in [0.1, 0.15) is 44.1 Å². The number of rotatable bonds is 12. The molecule has 0 saturated heterocycles. The number of nitrogens with one attached hydrogen (secondary N) is 2. The Balaban J connectivity index is 1.63. The van der Waals surface area contributed by atoms with Crippen LogP contribution in [-0.4, -0.2) is 57.5 Å². The van der Waals surface area contributed by atoms with E-state index in [1.807, 2.05) is 0 Å². The Labute approximate surface area is 229 Å². The molecule has 0 aromatic heterocycles. The molecule has 0 spiro atoms. The Hall–Kier alpha value is -3.76. The van der Waals surface area contributed by atoms with Gasteiger partial charge in [-0.25, -0.2) is 0 Å². The molecule has 0 radical (unpaired) electrons. The van der Waals surface area contributed by atoms with Gasteiger partial charge in [-0.15, -0.1) is 0 Å². The first kappa shape index (κ1) is 29.8. The van der Waals surface area contributed by atoms with Crippen LogP contribution >= 0.6 is 0 Å². The fourth-order valence-corrected chi connectivity index (χ4v) is 4.76. The minimum absolute atomic E-state index is 0.336. The highest BCUT2D eigenvalue weighted by Gasteiger charge is 2.27. The van der Waals surface area contributed by atoms with Crippen LogP contribution in [0.4, 0.5) is 11.4 Å². The Morgan fingerprint density at radius 3 is 2.18 bits per heavy atom. The van der Waals surface area contributed by atoms with Crippen LogP contribution in [0, 0.1) is 5.92 Å². The van der Waals surface area contributed by atoms with E-state index in [9.17, 15) is 14.7 Å². The second kappa shape index (κ2) is 14.4. The molecule has 10 heteroatoms. The van der Waals surface area contributed by atoms with Crippen molar-refractivity contribution in [2.75, 3.05) is 39.1 Å². The predicted molar refractivity (Wildman–Crippen MR) is 151 cm³/mol. The molecule has 0 bridgehead atoms. The predicted octanol–water partition coefficient (Wildman–Crippen LogP) is 3.97. The molecule has 0 unspecified atom stereocenters. The normalized spacial score (nSPS) is 15.3. The number of carbonyl (C=O) groups is 2. The molecule has 0 heterocycles. The summed E-state index contributed by atoms with van der Waals surface area (Å²) in [5.74, 6) is 1.20. The Bertz CT molecular complexity index is 1140. The zero-order chi connectivity index (χ0) is 28.4. The maximum atomic E-state index is 12.6. The van der Waals surface area contributed by atoms with E-state index in [1.165, 1.54) is 53.8 Å². The summed E-state index contributed by atoms with van der Waals surface area (Å²) in [6.45, 7) is 0. The molecule has 1 aliphatic rings. The van der Waals surface area contributed by atoms with Gasteiger partial charge in [0.2, 0.25) is 11.7 Å². The molecule has 5 N–H and O–H groups in total. The molecule has 3 rings (SSSR count). The fraction of sp³-hybridized carbons (Fsp3) is 0.448. The summed E-state index contributed by atoms with van der Waals surface area (Å²) in [6, 6.07) is 7.59. The summed E-state index contributed by atoms with van der Waals surface area (Å²) in [7, 11) is 6.00. The van der Waals surface area contributed by atoms with Crippen molar-refractivity contribution in [3.05, 3.63) is 42.0 Å². The van der Waals surface area contributed by atoms with Gasteiger partial charge in [-0.3, -0.25) is 9.59 Å². The molecule has 1 saturated carbocycles. The minimum atomic E-state index is -1.32. The second-order valence-electron chi connectivity index (χ2n) is 9.53. The van der Waals surface area contributed by atoms with E-state index in [0.29, 0.717) is 52.3 Å². The molecule has 1 aliphatic carbocycles. The fourth-order valence-electron chi connectivity index (χ4n) is 4.76. The first-order valence-corrected chi connectivity index (χ1v) is 13.0. The second-order valence-corrected chi connectivity index (χ2v) is 9.53. The summed E-state index contributed by atoms with van der Waals surface area (Å²) in [4.78, 5) is 25.2. The number of aliphatic hydroxyl groups excluding tert-OH is 1. The van der Waals surface area contributed by atoms with E-state index in [1.54, 1.807) is 36.4 Å². The number of aliphatic hydroxyl groups is 1. The molecule has 2 amide bonds. The Morgan fingerprint density at radius 1 is 0.949 bits per heavy atom. The lowest BCUT2D eigenvalue weighted by atomic mass is 9.84. The highest BCUT2D eigenvalue weighted by atomic mass is 16.5. The molecular formula is C29H39N3O7. The van der Waals surface area contributed by atoms with Gasteiger partial charge in [0.1, 0.15) is 11.9 Å². The molecule has 0 aliphatic heterocycles. The first-order chi connectivity index (χ1) is 18.8. The summed E-state index contributed by atoms with van der Waals surface area (Å²) >= 11 is 0. The minimum Gasteiger partial charge on any atom is -0.494 e. The Morgan fingerprint density at radius 2 is 1.59 bits per heavy atom. The van der Waals surface area contributed by atoms with Crippen LogP contribution in [0.5, 0.6) is 23.0 Å². The van der Waals surface area contributed by atoms with Gasteiger partial charge in [0, 0.05) is 23.9 Å². The van der Waals surface area contributed by atoms with Crippen LogP contribution in [0.2, 0.25) is 0 Å². The largest absolute Gasteiger partial charge is 0.494 e. The van der Waals surface area contributed by atoms with Crippen LogP contribution in [-0.2, 0) is 9.59 Å². The zero-order valence-electron chi connectivity index (χ0n) is 23.0. The van der Waals surface area contributed by atoms with Crippen molar-refractivity contribution in [3.63, 3.8) is 0 Å². The zero-order valence-corrected chi connectivity index (χ0v) is 23.0. The van der Waals surface area contributed by atoms with E-state index in [-0.39, 0.29) is 0 Å². The summed E-state index contributed by atoms with van der Waals surface area (Å²) in [5.41, 5.74) is 7.63. The number of benzene rings is 2. The average molecular weight is 542 g/mol. The van der Waals surface area contributed by atoms with Gasteiger partial charge in [-0.2, -0.15) is 0 Å². The lowest BCUT2D eigenvalue weighted by Crippen LogP contribution is -2.44. The van der Waals surface area contributed by atoms with E-state index < -0.39 is 24.0 Å². The monoisotopic (exact) mass is 541 g/mol. The molecule has 2 aromatic rings. The number of nitrogens with two attached hydrogens (primary N) is 1. The number of carbonyl (C=O) groups excluding carboxylic acids is 2. The van der Waals surface area contributed by atoms with Gasteiger partial charge in [-0.05, 0) is 48.2 Å². The third-order valence-corrected chi connectivity index (χ3v) is 6.85. The van der Waals surface area contributed by atoms with Gasteiger partial charge in [-0.1, -0.05) is 32.1 Å². The molecule has 10 nitrogen and oxygen atoms in total.